The molecule has 0 aliphatic heterocycles. The van der Waals surface area contributed by atoms with Gasteiger partial charge in [-0.25, -0.2) is 0 Å². The summed E-state index contributed by atoms with van der Waals surface area (Å²) in [5.41, 5.74) is 0.275. The molecule has 0 saturated heterocycles. The van der Waals surface area contributed by atoms with Crippen molar-refractivity contribution in [2.45, 2.75) is 43.8 Å². The van der Waals surface area contributed by atoms with E-state index in [4.69, 9.17) is 9.47 Å². The van der Waals surface area contributed by atoms with Gasteiger partial charge in [-0.05, 0) is 18.4 Å². The van der Waals surface area contributed by atoms with Crippen molar-refractivity contribution in [2.75, 3.05) is 13.9 Å². The second kappa shape index (κ2) is 6.32. The van der Waals surface area contributed by atoms with Gasteiger partial charge in [0.05, 0.1) is 5.60 Å². The maximum atomic E-state index is 10.8. The molecule has 1 atom stereocenters. The van der Waals surface area contributed by atoms with E-state index < -0.39 is 5.60 Å². The van der Waals surface area contributed by atoms with E-state index in [1.165, 1.54) is 6.42 Å². The molecule has 0 bridgehead atoms. The number of methoxy groups -OCH3 is 1. The Morgan fingerprint density at radius 2 is 1.83 bits per heavy atom. The van der Waals surface area contributed by atoms with Crippen LogP contribution >= 0.6 is 0 Å². The van der Waals surface area contributed by atoms with Gasteiger partial charge in [0.15, 0.2) is 0 Å². The minimum atomic E-state index is -0.752. The number of hydrogen-bond acceptors (Lipinski definition) is 3. The Kier molecular flexibility index (Phi) is 4.75. The van der Waals surface area contributed by atoms with Gasteiger partial charge in [0.25, 0.3) is 0 Å². The van der Waals surface area contributed by atoms with Crippen molar-refractivity contribution in [2.24, 2.45) is 0 Å². The lowest BCUT2D eigenvalue weighted by molar-refractivity contribution is -0.169. The third-order valence-corrected chi connectivity index (χ3v) is 3.66. The van der Waals surface area contributed by atoms with Gasteiger partial charge in [0.1, 0.15) is 12.9 Å². The number of rotatable bonds is 5. The number of hydrogen-bond donors (Lipinski definition) is 1. The first-order valence-electron chi connectivity index (χ1n) is 6.64. The van der Waals surface area contributed by atoms with Crippen LogP contribution in [0.4, 0.5) is 0 Å². The maximum Gasteiger partial charge on any atom is 0.147 e. The van der Waals surface area contributed by atoms with Crippen molar-refractivity contribution in [3.05, 3.63) is 35.9 Å². The molecule has 1 N–H and O–H groups in total. The van der Waals surface area contributed by atoms with Crippen molar-refractivity contribution >= 4 is 0 Å². The van der Waals surface area contributed by atoms with Gasteiger partial charge < -0.3 is 14.6 Å². The van der Waals surface area contributed by atoms with Crippen LogP contribution in [-0.2, 0) is 9.47 Å². The predicted molar refractivity (Wildman–Crippen MR) is 70.2 cm³/mol. The molecule has 1 saturated carbocycles. The smallest absolute Gasteiger partial charge is 0.147 e. The van der Waals surface area contributed by atoms with Crippen molar-refractivity contribution in [1.29, 1.82) is 0 Å². The van der Waals surface area contributed by atoms with Gasteiger partial charge in [-0.2, -0.15) is 0 Å². The van der Waals surface area contributed by atoms with E-state index in [1.54, 1.807) is 7.11 Å². The van der Waals surface area contributed by atoms with E-state index in [1.807, 2.05) is 30.3 Å². The Balaban J connectivity index is 2.18. The summed E-state index contributed by atoms with van der Waals surface area (Å²) in [5, 5.41) is 10.8. The lowest BCUT2D eigenvalue weighted by Crippen LogP contribution is -2.40. The quantitative estimate of drug-likeness (QED) is 0.816. The highest BCUT2D eigenvalue weighted by Gasteiger charge is 2.39. The molecule has 1 unspecified atom stereocenters. The first-order valence-corrected chi connectivity index (χ1v) is 6.64. The van der Waals surface area contributed by atoms with Crippen molar-refractivity contribution < 1.29 is 14.6 Å². The molecule has 1 aromatic rings. The van der Waals surface area contributed by atoms with Crippen LogP contribution in [-0.4, -0.2) is 24.6 Å². The number of ether oxygens (including phenoxy) is 2. The average Bonchev–Trinajstić information content (AvgIpc) is 2.41. The molecule has 0 amide bonds. The van der Waals surface area contributed by atoms with E-state index in [-0.39, 0.29) is 12.9 Å². The molecule has 1 aliphatic carbocycles. The molecule has 18 heavy (non-hydrogen) atoms. The van der Waals surface area contributed by atoms with E-state index in [0.717, 1.165) is 31.2 Å². The Bertz CT molecular complexity index is 344. The van der Waals surface area contributed by atoms with Crippen LogP contribution in [0, 0.1) is 0 Å². The largest absolute Gasteiger partial charge is 0.387 e. The molecule has 0 radical (unpaired) electrons. The Labute approximate surface area is 109 Å². The van der Waals surface area contributed by atoms with Crippen LogP contribution in [0.1, 0.15) is 43.8 Å². The summed E-state index contributed by atoms with van der Waals surface area (Å²) in [7, 11) is 1.60. The van der Waals surface area contributed by atoms with E-state index in [0.29, 0.717) is 0 Å². The Hall–Kier alpha value is -0.900. The summed E-state index contributed by atoms with van der Waals surface area (Å²) in [6.07, 6.45) is 4.64. The molecule has 3 nitrogen and oxygen atoms in total. The zero-order valence-corrected chi connectivity index (χ0v) is 11.0. The van der Waals surface area contributed by atoms with Crippen molar-refractivity contribution in [3.8, 4) is 0 Å². The van der Waals surface area contributed by atoms with Gasteiger partial charge in [0, 0.05) is 7.11 Å². The van der Waals surface area contributed by atoms with E-state index in [9.17, 15) is 5.11 Å². The van der Waals surface area contributed by atoms with Crippen molar-refractivity contribution in [1.82, 2.24) is 0 Å². The molecular weight excluding hydrogens is 228 g/mol. The highest BCUT2D eigenvalue weighted by atomic mass is 16.7. The first kappa shape index (κ1) is 13.5. The van der Waals surface area contributed by atoms with Gasteiger partial charge in [-0.1, -0.05) is 49.6 Å². The SMILES string of the molecule is COCOC(c1ccccc1)C1(O)CCCCC1. The minimum absolute atomic E-state index is 0.210. The van der Waals surface area contributed by atoms with Crippen LogP contribution in [0.5, 0.6) is 0 Å². The zero-order valence-electron chi connectivity index (χ0n) is 11.0. The van der Waals surface area contributed by atoms with Crippen LogP contribution < -0.4 is 0 Å². The van der Waals surface area contributed by atoms with Crippen molar-refractivity contribution in [3.63, 3.8) is 0 Å². The summed E-state index contributed by atoms with van der Waals surface area (Å²) in [4.78, 5) is 0. The Morgan fingerprint density at radius 1 is 1.17 bits per heavy atom. The molecule has 0 heterocycles. The second-order valence-electron chi connectivity index (χ2n) is 5.03. The summed E-state index contributed by atoms with van der Waals surface area (Å²) < 4.78 is 10.7. The molecule has 1 fully saturated rings. The van der Waals surface area contributed by atoms with Gasteiger partial charge >= 0.3 is 0 Å². The minimum Gasteiger partial charge on any atom is -0.387 e. The molecular formula is C15H22O3. The zero-order chi connectivity index (χ0) is 12.8. The third kappa shape index (κ3) is 3.10. The van der Waals surface area contributed by atoms with Crippen LogP contribution in [0.2, 0.25) is 0 Å². The number of benzene rings is 1. The monoisotopic (exact) mass is 250 g/mol. The summed E-state index contributed by atoms with van der Waals surface area (Å²) in [6, 6.07) is 9.94. The molecule has 1 aliphatic rings. The summed E-state index contributed by atoms with van der Waals surface area (Å²) >= 11 is 0. The topological polar surface area (TPSA) is 38.7 Å². The predicted octanol–water partition coefficient (Wildman–Crippen LogP) is 3.04. The first-order chi connectivity index (χ1) is 8.76. The molecule has 1 aromatic carbocycles. The van der Waals surface area contributed by atoms with E-state index in [2.05, 4.69) is 0 Å². The lowest BCUT2D eigenvalue weighted by Gasteiger charge is -2.39. The molecule has 2 rings (SSSR count). The molecule has 0 aromatic heterocycles. The normalized spacial score (nSPS) is 20.6. The van der Waals surface area contributed by atoms with Gasteiger partial charge in [-0.3, -0.25) is 0 Å². The van der Waals surface area contributed by atoms with E-state index >= 15 is 0 Å². The average molecular weight is 250 g/mol. The summed E-state index contributed by atoms with van der Waals surface area (Å²) in [5.74, 6) is 0. The highest BCUT2D eigenvalue weighted by molar-refractivity contribution is 5.21. The fraction of sp³-hybridized carbons (Fsp3) is 0.600. The highest BCUT2D eigenvalue weighted by Crippen LogP contribution is 2.40. The second-order valence-corrected chi connectivity index (χ2v) is 5.03. The number of aliphatic hydroxyl groups is 1. The molecule has 0 spiro atoms. The van der Waals surface area contributed by atoms with Crippen LogP contribution in [0.3, 0.4) is 0 Å². The molecule has 3 heteroatoms. The van der Waals surface area contributed by atoms with Crippen LogP contribution in [0.15, 0.2) is 30.3 Å². The fourth-order valence-corrected chi connectivity index (χ4v) is 2.75. The van der Waals surface area contributed by atoms with Gasteiger partial charge in [-0.15, -0.1) is 0 Å². The Morgan fingerprint density at radius 3 is 2.44 bits per heavy atom. The third-order valence-electron chi connectivity index (χ3n) is 3.66. The van der Waals surface area contributed by atoms with Crippen LogP contribution in [0.25, 0.3) is 0 Å². The summed E-state index contributed by atoms with van der Waals surface area (Å²) in [6.45, 7) is 0.210. The lowest BCUT2D eigenvalue weighted by atomic mass is 9.78. The molecule has 100 valence electrons. The van der Waals surface area contributed by atoms with Gasteiger partial charge in [0.2, 0.25) is 0 Å². The fourth-order valence-electron chi connectivity index (χ4n) is 2.75. The standard InChI is InChI=1S/C15H22O3/c1-17-12-18-14(13-8-4-2-5-9-13)15(16)10-6-3-7-11-15/h2,4-5,8-9,14,16H,3,6-7,10-12H2,1H3. The maximum absolute atomic E-state index is 10.8.